The fourth-order valence-electron chi connectivity index (χ4n) is 2.07. The molecule has 0 unspecified atom stereocenters. The lowest BCUT2D eigenvalue weighted by molar-refractivity contribution is 0.0884. The molecule has 0 spiro atoms. The molecule has 0 saturated heterocycles. The summed E-state index contributed by atoms with van der Waals surface area (Å²) in [6.07, 6.45) is 0.829. The van der Waals surface area contributed by atoms with E-state index in [1.54, 1.807) is 12.1 Å². The molecule has 0 saturated carbocycles. The van der Waals surface area contributed by atoms with Crippen molar-refractivity contribution in [1.82, 2.24) is 10.0 Å². The minimum atomic E-state index is -0.324. The molecule has 2 aromatic rings. The van der Waals surface area contributed by atoms with Crippen LogP contribution in [0.5, 0.6) is 0 Å². The van der Waals surface area contributed by atoms with Crippen LogP contribution in [0.2, 0.25) is 0 Å². The van der Waals surface area contributed by atoms with Crippen LogP contribution in [0.15, 0.2) is 29.1 Å². The van der Waals surface area contributed by atoms with Crippen LogP contribution in [-0.2, 0) is 0 Å². The maximum absolute atomic E-state index is 12.4. The molecule has 0 aliphatic carbocycles. The van der Waals surface area contributed by atoms with E-state index in [9.17, 15) is 9.59 Å². The Morgan fingerprint density at radius 1 is 1.35 bits per heavy atom. The van der Waals surface area contributed by atoms with Gasteiger partial charge in [-0.15, -0.1) is 4.73 Å². The van der Waals surface area contributed by atoms with E-state index >= 15 is 0 Å². The van der Waals surface area contributed by atoms with E-state index in [0.29, 0.717) is 11.9 Å². The average Bonchev–Trinajstić information content (AvgIpc) is 2.45. The molecule has 0 atom stereocenters. The first kappa shape index (κ1) is 14.1. The van der Waals surface area contributed by atoms with Gasteiger partial charge in [-0.2, -0.15) is 0 Å². The van der Waals surface area contributed by atoms with Crippen molar-refractivity contribution in [2.75, 3.05) is 13.7 Å². The van der Waals surface area contributed by atoms with Gasteiger partial charge in [-0.3, -0.25) is 9.59 Å². The molecular formula is C15H18N2O3. The molecule has 1 aromatic carbocycles. The Balaban J connectivity index is 2.63. The third-order valence-corrected chi connectivity index (χ3v) is 3.09. The van der Waals surface area contributed by atoms with Crippen LogP contribution in [0.4, 0.5) is 0 Å². The molecule has 0 aliphatic rings. The number of aryl methyl sites for hydroxylation is 1. The number of rotatable bonds is 4. The van der Waals surface area contributed by atoms with E-state index < -0.39 is 0 Å². The van der Waals surface area contributed by atoms with Crippen molar-refractivity contribution in [2.45, 2.75) is 20.3 Å². The molecule has 1 amide bonds. The average molecular weight is 274 g/mol. The van der Waals surface area contributed by atoms with Gasteiger partial charge in [-0.1, -0.05) is 24.6 Å². The summed E-state index contributed by atoms with van der Waals surface area (Å²) >= 11 is 0. The molecule has 2 rings (SSSR count). The summed E-state index contributed by atoms with van der Waals surface area (Å²) in [6.45, 7) is 4.44. The van der Waals surface area contributed by atoms with Gasteiger partial charge in [0.05, 0.1) is 5.39 Å². The molecule has 0 fully saturated rings. The summed E-state index contributed by atoms with van der Waals surface area (Å²) in [5, 5.41) is 4.02. The van der Waals surface area contributed by atoms with E-state index in [4.69, 9.17) is 4.84 Å². The number of fused-ring (bicyclic) bond motifs is 1. The first-order valence-electron chi connectivity index (χ1n) is 6.57. The van der Waals surface area contributed by atoms with E-state index in [-0.39, 0.29) is 17.2 Å². The number of carbonyl (C=O) groups is 1. The van der Waals surface area contributed by atoms with Crippen LogP contribution >= 0.6 is 0 Å². The third-order valence-electron chi connectivity index (χ3n) is 3.09. The predicted octanol–water partition coefficient (Wildman–Crippen LogP) is 1.51. The number of carbonyl (C=O) groups excluding carboxylic acids is 1. The first-order chi connectivity index (χ1) is 9.58. The monoisotopic (exact) mass is 274 g/mol. The molecule has 5 heteroatoms. The Morgan fingerprint density at radius 2 is 2.10 bits per heavy atom. The molecule has 0 bridgehead atoms. The second-order valence-corrected chi connectivity index (χ2v) is 4.66. The number of amides is 1. The summed E-state index contributed by atoms with van der Waals surface area (Å²) in [4.78, 5) is 29.5. The number of hydrogen-bond acceptors (Lipinski definition) is 3. The van der Waals surface area contributed by atoms with Crippen molar-refractivity contribution in [2.24, 2.45) is 0 Å². The third kappa shape index (κ3) is 2.52. The smallest absolute Gasteiger partial charge is 0.291 e. The highest BCUT2D eigenvalue weighted by Crippen LogP contribution is 2.14. The molecule has 0 radical (unpaired) electrons. The van der Waals surface area contributed by atoms with Gasteiger partial charge in [-0.25, -0.2) is 0 Å². The van der Waals surface area contributed by atoms with Gasteiger partial charge in [0.2, 0.25) is 0 Å². The highest BCUT2D eigenvalue weighted by atomic mass is 16.6. The summed E-state index contributed by atoms with van der Waals surface area (Å²) in [7, 11) is 1.37. The molecule has 1 N–H and O–H groups in total. The van der Waals surface area contributed by atoms with Gasteiger partial charge >= 0.3 is 0 Å². The van der Waals surface area contributed by atoms with Gasteiger partial charge in [0, 0.05) is 6.54 Å². The lowest BCUT2D eigenvalue weighted by Crippen LogP contribution is -2.35. The van der Waals surface area contributed by atoms with Gasteiger partial charge < -0.3 is 10.2 Å². The van der Waals surface area contributed by atoms with Crippen LogP contribution in [0.25, 0.3) is 10.8 Å². The molecule has 106 valence electrons. The molecular weight excluding hydrogens is 256 g/mol. The van der Waals surface area contributed by atoms with Crippen LogP contribution in [-0.4, -0.2) is 24.3 Å². The van der Waals surface area contributed by atoms with Crippen molar-refractivity contribution in [3.05, 3.63) is 45.9 Å². The van der Waals surface area contributed by atoms with E-state index in [1.165, 1.54) is 7.11 Å². The van der Waals surface area contributed by atoms with E-state index in [2.05, 4.69) is 5.32 Å². The standard InChI is InChI=1S/C15H18N2O3/c1-4-7-16-14(18)13-9-11-6-5-10(2)8-12(11)15(19)17(13)20-3/h5-6,8-9H,4,7H2,1-3H3,(H,16,18). The number of aromatic nitrogens is 1. The largest absolute Gasteiger partial charge is 0.413 e. The predicted molar refractivity (Wildman–Crippen MR) is 78.1 cm³/mol. The molecule has 5 nitrogen and oxygen atoms in total. The topological polar surface area (TPSA) is 60.3 Å². The van der Waals surface area contributed by atoms with Crippen molar-refractivity contribution in [3.8, 4) is 0 Å². The lowest BCUT2D eigenvalue weighted by atomic mass is 10.1. The van der Waals surface area contributed by atoms with Crippen molar-refractivity contribution in [3.63, 3.8) is 0 Å². The minimum absolute atomic E-state index is 0.210. The Labute approximate surface area is 117 Å². The summed E-state index contributed by atoms with van der Waals surface area (Å²) in [5.41, 5.74) is 0.873. The highest BCUT2D eigenvalue weighted by molar-refractivity contribution is 5.96. The van der Waals surface area contributed by atoms with E-state index in [0.717, 1.165) is 22.1 Å². The molecule has 1 aromatic heterocycles. The van der Waals surface area contributed by atoms with Gasteiger partial charge in [0.1, 0.15) is 12.8 Å². The lowest BCUT2D eigenvalue weighted by Gasteiger charge is -2.12. The summed E-state index contributed by atoms with van der Waals surface area (Å²) < 4.78 is 1.03. The van der Waals surface area contributed by atoms with E-state index in [1.807, 2.05) is 26.0 Å². The van der Waals surface area contributed by atoms with Crippen LogP contribution in [0, 0.1) is 6.92 Å². The highest BCUT2D eigenvalue weighted by Gasteiger charge is 2.15. The fraction of sp³-hybridized carbons (Fsp3) is 0.333. The number of nitrogens with one attached hydrogen (secondary N) is 1. The number of hydrogen-bond donors (Lipinski definition) is 1. The Morgan fingerprint density at radius 3 is 2.75 bits per heavy atom. The zero-order valence-corrected chi connectivity index (χ0v) is 11.9. The van der Waals surface area contributed by atoms with Crippen molar-refractivity contribution in [1.29, 1.82) is 0 Å². The Bertz CT molecular complexity index is 704. The number of benzene rings is 1. The maximum Gasteiger partial charge on any atom is 0.291 e. The molecule has 1 heterocycles. The quantitative estimate of drug-likeness (QED) is 0.919. The fourth-order valence-corrected chi connectivity index (χ4v) is 2.07. The van der Waals surface area contributed by atoms with Gasteiger partial charge in [0.25, 0.3) is 11.5 Å². The summed E-state index contributed by atoms with van der Waals surface area (Å²) in [6, 6.07) is 7.21. The molecule has 0 aliphatic heterocycles. The number of pyridine rings is 1. The Kier molecular flexibility index (Phi) is 4.08. The minimum Gasteiger partial charge on any atom is -0.413 e. The number of nitrogens with zero attached hydrogens (tertiary/aromatic N) is 1. The van der Waals surface area contributed by atoms with Gasteiger partial charge in [-0.05, 0) is 30.9 Å². The van der Waals surface area contributed by atoms with Crippen molar-refractivity contribution >= 4 is 16.7 Å². The maximum atomic E-state index is 12.4. The van der Waals surface area contributed by atoms with Crippen molar-refractivity contribution < 1.29 is 9.63 Å². The Hall–Kier alpha value is -2.30. The zero-order chi connectivity index (χ0) is 14.7. The normalized spacial score (nSPS) is 10.6. The second kappa shape index (κ2) is 5.77. The van der Waals surface area contributed by atoms with Gasteiger partial charge in [0.15, 0.2) is 0 Å². The summed E-state index contributed by atoms with van der Waals surface area (Å²) in [5.74, 6) is -0.312. The zero-order valence-electron chi connectivity index (χ0n) is 11.9. The van der Waals surface area contributed by atoms with Crippen LogP contribution < -0.4 is 15.7 Å². The van der Waals surface area contributed by atoms with Crippen LogP contribution in [0.3, 0.4) is 0 Å². The van der Waals surface area contributed by atoms with Crippen LogP contribution in [0.1, 0.15) is 29.4 Å². The SMILES string of the molecule is CCCNC(=O)c1cc2ccc(C)cc2c(=O)n1OC. The first-order valence-corrected chi connectivity index (χ1v) is 6.57. The molecule has 20 heavy (non-hydrogen) atoms. The second-order valence-electron chi connectivity index (χ2n) is 4.66.